The Morgan fingerprint density at radius 3 is 2.51 bits per heavy atom. The number of hydrogen-bond donors (Lipinski definition) is 1. The van der Waals surface area contributed by atoms with E-state index in [1.807, 2.05) is 27.7 Å². The zero-order valence-corrected chi connectivity index (χ0v) is 20.0. The molecule has 5 rings (SSSR count). The minimum absolute atomic E-state index is 0.280. The van der Waals surface area contributed by atoms with Crippen LogP contribution in [0, 0.1) is 27.7 Å². The fourth-order valence-corrected chi connectivity index (χ4v) is 3.81. The van der Waals surface area contributed by atoms with Crippen LogP contribution in [0.1, 0.15) is 33.1 Å². The van der Waals surface area contributed by atoms with E-state index in [-0.39, 0.29) is 5.91 Å². The normalized spacial score (nSPS) is 12.3. The lowest BCUT2D eigenvalue weighted by Gasteiger charge is -2.20. The van der Waals surface area contributed by atoms with Crippen molar-refractivity contribution >= 4 is 11.6 Å². The van der Waals surface area contributed by atoms with Crippen LogP contribution in [0.2, 0.25) is 0 Å². The van der Waals surface area contributed by atoms with Crippen LogP contribution in [0.15, 0.2) is 48.5 Å². The van der Waals surface area contributed by atoms with Gasteiger partial charge in [0, 0.05) is 17.4 Å². The van der Waals surface area contributed by atoms with Crippen molar-refractivity contribution < 1.29 is 19.0 Å². The highest BCUT2D eigenvalue weighted by molar-refractivity contribution is 6.06. The van der Waals surface area contributed by atoms with E-state index in [4.69, 9.17) is 14.2 Å². The highest BCUT2D eigenvalue weighted by Gasteiger charge is 2.20. The predicted octanol–water partition coefficient (Wildman–Crippen LogP) is 4.71. The number of fused-ring (bicyclic) bond motifs is 1. The van der Waals surface area contributed by atoms with Gasteiger partial charge in [-0.2, -0.15) is 10.1 Å². The molecule has 0 fully saturated rings. The lowest BCUT2D eigenvalue weighted by atomic mass is 10.1. The van der Waals surface area contributed by atoms with Crippen LogP contribution in [0.3, 0.4) is 0 Å². The Morgan fingerprint density at radius 1 is 1.00 bits per heavy atom. The molecule has 2 aromatic carbocycles. The molecule has 0 unspecified atom stereocenters. The van der Waals surface area contributed by atoms with Crippen molar-refractivity contribution in [2.24, 2.45) is 0 Å². The number of benzene rings is 2. The number of ether oxygens (including phenoxy) is 3. The monoisotopic (exact) mass is 471 g/mol. The molecular weight excluding hydrogens is 446 g/mol. The number of hydrogen-bond acceptors (Lipinski definition) is 7. The van der Waals surface area contributed by atoms with Crippen molar-refractivity contribution in [2.75, 3.05) is 18.5 Å². The summed E-state index contributed by atoms with van der Waals surface area (Å²) < 4.78 is 19.0. The van der Waals surface area contributed by atoms with Gasteiger partial charge in [-0.15, -0.1) is 0 Å². The van der Waals surface area contributed by atoms with Gasteiger partial charge < -0.3 is 19.5 Å². The topological polar surface area (TPSA) is 100 Å². The fraction of sp³-hybridized carbons (Fsp3) is 0.231. The maximum Gasteiger partial charge on any atom is 0.259 e. The van der Waals surface area contributed by atoms with Crippen LogP contribution in [0.5, 0.6) is 23.1 Å². The third-order valence-corrected chi connectivity index (χ3v) is 5.82. The first-order chi connectivity index (χ1) is 16.9. The van der Waals surface area contributed by atoms with Crippen molar-refractivity contribution in [3.63, 3.8) is 0 Å². The first-order valence-electron chi connectivity index (χ1n) is 11.3. The molecule has 9 nitrogen and oxygen atoms in total. The molecule has 0 atom stereocenters. The third-order valence-electron chi connectivity index (χ3n) is 5.82. The summed E-state index contributed by atoms with van der Waals surface area (Å²) in [6.07, 6.45) is 0. The van der Waals surface area contributed by atoms with E-state index < -0.39 is 0 Å². The summed E-state index contributed by atoms with van der Waals surface area (Å²) in [7, 11) is 0. The average Bonchev–Trinajstić information content (AvgIpc) is 3.12. The van der Waals surface area contributed by atoms with E-state index in [0.717, 1.165) is 17.0 Å². The van der Waals surface area contributed by atoms with Crippen LogP contribution in [-0.2, 0) is 0 Å². The van der Waals surface area contributed by atoms with Gasteiger partial charge in [-0.3, -0.25) is 4.79 Å². The molecule has 0 saturated heterocycles. The Bertz CT molecular complexity index is 1410. The van der Waals surface area contributed by atoms with Gasteiger partial charge in [0.1, 0.15) is 24.8 Å². The van der Waals surface area contributed by atoms with Gasteiger partial charge in [-0.05, 0) is 69.7 Å². The molecule has 35 heavy (non-hydrogen) atoms. The van der Waals surface area contributed by atoms with E-state index in [2.05, 4.69) is 20.4 Å². The van der Waals surface area contributed by atoms with Gasteiger partial charge in [-0.1, -0.05) is 6.07 Å². The summed E-state index contributed by atoms with van der Waals surface area (Å²) in [6, 6.07) is 14.1. The minimum atomic E-state index is -0.280. The maximum atomic E-state index is 12.8. The first-order valence-corrected chi connectivity index (χ1v) is 11.3. The Kier molecular flexibility index (Phi) is 5.82. The molecule has 3 heterocycles. The number of carbonyl (C=O) groups is 1. The first kappa shape index (κ1) is 22.4. The second-order valence-electron chi connectivity index (χ2n) is 8.23. The number of amides is 1. The lowest BCUT2D eigenvalue weighted by molar-refractivity contribution is 0.101. The van der Waals surface area contributed by atoms with Crippen molar-refractivity contribution in [2.45, 2.75) is 27.7 Å². The summed E-state index contributed by atoms with van der Waals surface area (Å²) in [4.78, 5) is 21.7. The summed E-state index contributed by atoms with van der Waals surface area (Å²) >= 11 is 0. The maximum absolute atomic E-state index is 12.8. The lowest BCUT2D eigenvalue weighted by Crippen LogP contribution is -2.20. The smallest absolute Gasteiger partial charge is 0.259 e. The highest BCUT2D eigenvalue weighted by atomic mass is 16.6. The van der Waals surface area contributed by atoms with Crippen LogP contribution in [0.4, 0.5) is 5.69 Å². The summed E-state index contributed by atoms with van der Waals surface area (Å²) in [5.41, 5.74) is 4.13. The third kappa shape index (κ3) is 4.52. The van der Waals surface area contributed by atoms with Gasteiger partial charge in [-0.25, -0.2) is 9.67 Å². The highest BCUT2D eigenvalue weighted by Crippen LogP contribution is 2.34. The average molecular weight is 472 g/mol. The zero-order valence-electron chi connectivity index (χ0n) is 20.0. The molecule has 1 aliphatic heterocycles. The predicted molar refractivity (Wildman–Crippen MR) is 130 cm³/mol. The van der Waals surface area contributed by atoms with Gasteiger partial charge in [0.05, 0.1) is 11.3 Å². The number of nitrogens with one attached hydrogen (secondary N) is 1. The second kappa shape index (κ2) is 9.09. The molecule has 1 N–H and O–H groups in total. The summed E-state index contributed by atoms with van der Waals surface area (Å²) in [5, 5.41) is 7.46. The number of aryl methyl sites for hydroxylation is 2. The number of aromatic nitrogens is 4. The molecule has 0 radical (unpaired) electrons. The SMILES string of the molecule is Cc1nc(Oc2ccc(NC(=O)c3cccc4c3OCCO4)cc2)cc(-n2nc(C)c(C)c2C)n1. The second-order valence-corrected chi connectivity index (χ2v) is 8.23. The molecule has 1 aliphatic rings. The van der Waals surface area contributed by atoms with E-state index in [0.29, 0.717) is 59.2 Å². The van der Waals surface area contributed by atoms with Crippen molar-refractivity contribution in [3.8, 4) is 28.9 Å². The Hall–Kier alpha value is -4.40. The van der Waals surface area contributed by atoms with E-state index in [1.54, 1.807) is 53.2 Å². The summed E-state index contributed by atoms with van der Waals surface area (Å²) in [6.45, 7) is 8.70. The van der Waals surface area contributed by atoms with Crippen molar-refractivity contribution in [3.05, 3.63) is 76.9 Å². The van der Waals surface area contributed by atoms with E-state index in [9.17, 15) is 4.79 Å². The Morgan fingerprint density at radius 2 is 1.77 bits per heavy atom. The molecule has 0 spiro atoms. The molecule has 1 amide bonds. The number of nitrogens with zero attached hydrogens (tertiary/aromatic N) is 4. The van der Waals surface area contributed by atoms with Crippen LogP contribution in [0.25, 0.3) is 5.82 Å². The van der Waals surface area contributed by atoms with Gasteiger partial charge in [0.15, 0.2) is 17.3 Å². The molecule has 0 aliphatic carbocycles. The van der Waals surface area contributed by atoms with E-state index in [1.165, 1.54) is 0 Å². The molecule has 178 valence electrons. The minimum Gasteiger partial charge on any atom is -0.486 e. The standard InChI is InChI=1S/C26H25N5O4/c1-15-16(2)30-31(17(15)3)23-14-24(28-18(4)27-23)35-20-10-8-19(9-11-20)29-26(32)21-6-5-7-22-25(21)34-13-12-33-22/h5-11,14H,12-13H2,1-4H3,(H,29,32). The number of anilines is 1. The molecule has 0 bridgehead atoms. The van der Waals surface area contributed by atoms with Crippen LogP contribution < -0.4 is 19.5 Å². The van der Waals surface area contributed by atoms with E-state index >= 15 is 0 Å². The fourth-order valence-electron chi connectivity index (χ4n) is 3.81. The quantitative estimate of drug-likeness (QED) is 0.450. The summed E-state index contributed by atoms with van der Waals surface area (Å²) in [5.74, 6) is 2.95. The number of rotatable bonds is 5. The Labute approximate surface area is 202 Å². The Balaban J connectivity index is 1.32. The van der Waals surface area contributed by atoms with Crippen molar-refractivity contribution in [1.29, 1.82) is 0 Å². The molecule has 2 aromatic heterocycles. The van der Waals surface area contributed by atoms with Gasteiger partial charge >= 0.3 is 0 Å². The zero-order chi connectivity index (χ0) is 24.5. The van der Waals surface area contributed by atoms with Crippen LogP contribution >= 0.6 is 0 Å². The molecule has 4 aromatic rings. The molecule has 9 heteroatoms. The van der Waals surface area contributed by atoms with Gasteiger partial charge in [0.2, 0.25) is 5.88 Å². The number of para-hydroxylation sites is 1. The van der Waals surface area contributed by atoms with Crippen LogP contribution in [-0.4, -0.2) is 38.9 Å². The number of carbonyl (C=O) groups excluding carboxylic acids is 1. The largest absolute Gasteiger partial charge is 0.486 e. The van der Waals surface area contributed by atoms with Crippen molar-refractivity contribution in [1.82, 2.24) is 19.7 Å². The van der Waals surface area contributed by atoms with Gasteiger partial charge in [0.25, 0.3) is 5.91 Å². The molecular formula is C26H25N5O4. The molecule has 0 saturated carbocycles.